The predicted octanol–water partition coefficient (Wildman–Crippen LogP) is 4.50. The Kier molecular flexibility index (Phi) is 5.08. The van der Waals surface area contributed by atoms with Gasteiger partial charge in [-0.1, -0.05) is 30.7 Å². The molecule has 166 valence electrons. The lowest BCUT2D eigenvalue weighted by atomic mass is 10.1. The number of rotatable bonds is 3. The molecule has 0 saturated carbocycles. The first-order valence-corrected chi connectivity index (χ1v) is 11.1. The van der Waals surface area contributed by atoms with Gasteiger partial charge in [0.25, 0.3) is 5.56 Å². The van der Waals surface area contributed by atoms with Crippen LogP contribution in [-0.2, 0) is 25.4 Å². The zero-order valence-electron chi connectivity index (χ0n) is 17.8. The van der Waals surface area contributed by atoms with E-state index in [9.17, 15) is 9.59 Å². The highest BCUT2D eigenvalue weighted by Crippen LogP contribution is 2.43. The van der Waals surface area contributed by atoms with Gasteiger partial charge < -0.3 is 13.7 Å². The molecule has 5 rings (SSSR count). The van der Waals surface area contributed by atoms with Crippen molar-refractivity contribution >= 4 is 34.1 Å². The van der Waals surface area contributed by atoms with Gasteiger partial charge in [-0.15, -0.1) is 0 Å². The summed E-state index contributed by atoms with van der Waals surface area (Å²) < 4.78 is 16.8. The molecule has 1 aromatic carbocycles. The number of halogens is 2. The van der Waals surface area contributed by atoms with Crippen molar-refractivity contribution in [3.8, 4) is 11.3 Å². The molecule has 2 atom stereocenters. The van der Waals surface area contributed by atoms with Crippen LogP contribution in [0.5, 0.6) is 0 Å². The number of fused-ring (bicyclic) bond motifs is 3. The summed E-state index contributed by atoms with van der Waals surface area (Å²) in [5.41, 5.74) is 1.91. The van der Waals surface area contributed by atoms with Crippen molar-refractivity contribution in [1.29, 1.82) is 0 Å². The van der Waals surface area contributed by atoms with Crippen molar-refractivity contribution in [1.82, 2.24) is 13.7 Å². The number of aromatic nitrogens is 3. The molecule has 0 unspecified atom stereocenters. The highest BCUT2D eigenvalue weighted by molar-refractivity contribution is 6.31. The fraction of sp³-hybridized carbons (Fsp3) is 0.304. The summed E-state index contributed by atoms with van der Waals surface area (Å²) in [4.78, 5) is 26.3. The molecular formula is C23H21Cl2N3O4. The van der Waals surface area contributed by atoms with Gasteiger partial charge in [0.2, 0.25) is 0 Å². The molecule has 1 aliphatic rings. The summed E-state index contributed by atoms with van der Waals surface area (Å²) in [6.07, 6.45) is -0.00322. The Balaban J connectivity index is 1.97. The van der Waals surface area contributed by atoms with Crippen LogP contribution in [0, 0.1) is 0 Å². The molecule has 0 N–H and O–H groups in total. The summed E-state index contributed by atoms with van der Waals surface area (Å²) in [6, 6.07) is 10.8. The highest BCUT2D eigenvalue weighted by atomic mass is 35.5. The van der Waals surface area contributed by atoms with Gasteiger partial charge in [0.05, 0.1) is 28.4 Å². The van der Waals surface area contributed by atoms with E-state index in [2.05, 4.69) is 4.57 Å². The second-order valence-corrected chi connectivity index (χ2v) is 8.78. The van der Waals surface area contributed by atoms with Crippen LogP contribution in [-0.4, -0.2) is 19.8 Å². The average Bonchev–Trinajstić information content (AvgIpc) is 3.37. The Labute approximate surface area is 193 Å². The molecule has 9 heteroatoms. The average molecular weight is 474 g/mol. The van der Waals surface area contributed by atoms with Gasteiger partial charge in [0.1, 0.15) is 5.76 Å². The van der Waals surface area contributed by atoms with Crippen LogP contribution in [0.4, 0.5) is 0 Å². The van der Waals surface area contributed by atoms with Gasteiger partial charge in [0.15, 0.2) is 11.3 Å². The van der Waals surface area contributed by atoms with Crippen molar-refractivity contribution in [2.24, 2.45) is 14.1 Å². The number of hydrogen-bond donors (Lipinski definition) is 0. The van der Waals surface area contributed by atoms with E-state index in [1.165, 1.54) is 11.6 Å². The van der Waals surface area contributed by atoms with E-state index >= 15 is 0 Å². The second-order valence-electron chi connectivity index (χ2n) is 7.97. The van der Waals surface area contributed by atoms with E-state index < -0.39 is 11.8 Å². The van der Waals surface area contributed by atoms with E-state index in [4.69, 9.17) is 32.4 Å². The summed E-state index contributed by atoms with van der Waals surface area (Å²) in [5.74, 6) is 0.513. The molecule has 4 heterocycles. The fourth-order valence-corrected chi connectivity index (χ4v) is 4.87. The van der Waals surface area contributed by atoms with Crippen LogP contribution in [0.3, 0.4) is 0 Å². The minimum Gasteiger partial charge on any atom is -0.446 e. The standard InChI is InChI=1S/C23H21Cl2N3O4/c1-4-14-11-28-18(12-6-5-7-13(24)10-12)17-19(26(2)23(30)27(3)22(17)29)20(28)21(31-14)15-8-9-16(25)32-15/h5-10,14,21H,4,11H2,1-3H3/t14-,21-/m1/s1. The molecular weight excluding hydrogens is 453 g/mol. The third-order valence-corrected chi connectivity index (χ3v) is 6.51. The number of hydrogen-bond acceptors (Lipinski definition) is 4. The highest BCUT2D eigenvalue weighted by Gasteiger charge is 2.37. The van der Waals surface area contributed by atoms with Crippen LogP contribution in [0.25, 0.3) is 22.2 Å². The van der Waals surface area contributed by atoms with Gasteiger partial charge in [0, 0.05) is 31.2 Å². The van der Waals surface area contributed by atoms with Crippen molar-refractivity contribution in [2.75, 3.05) is 0 Å². The molecule has 0 amide bonds. The third-order valence-electron chi connectivity index (χ3n) is 6.07. The van der Waals surface area contributed by atoms with E-state index in [-0.39, 0.29) is 16.9 Å². The minimum atomic E-state index is -0.630. The second kappa shape index (κ2) is 7.69. The van der Waals surface area contributed by atoms with Crippen LogP contribution in [0.2, 0.25) is 10.2 Å². The Bertz CT molecular complexity index is 1480. The third kappa shape index (κ3) is 3.07. The van der Waals surface area contributed by atoms with Gasteiger partial charge in [-0.3, -0.25) is 13.9 Å². The SMILES string of the molecule is CC[C@@H]1Cn2c(-c3cccc(Cl)c3)c3c(=O)n(C)c(=O)n(C)c3c2[C@@H](c2ccc(Cl)o2)O1. The Hall–Kier alpha value is -2.74. The molecule has 3 aromatic heterocycles. The predicted molar refractivity (Wildman–Crippen MR) is 124 cm³/mol. The van der Waals surface area contributed by atoms with Crippen LogP contribution >= 0.6 is 23.2 Å². The van der Waals surface area contributed by atoms with Crippen molar-refractivity contribution in [2.45, 2.75) is 32.1 Å². The summed E-state index contributed by atoms with van der Waals surface area (Å²) in [6.45, 7) is 2.56. The molecule has 0 fully saturated rings. The normalized spacial score (nSPS) is 18.3. The summed E-state index contributed by atoms with van der Waals surface area (Å²) in [7, 11) is 3.14. The van der Waals surface area contributed by atoms with Gasteiger partial charge in [-0.25, -0.2) is 4.79 Å². The van der Waals surface area contributed by atoms with Gasteiger partial charge in [-0.2, -0.15) is 0 Å². The van der Waals surface area contributed by atoms with E-state index in [1.54, 1.807) is 25.2 Å². The number of ether oxygens (including phenoxy) is 1. The van der Waals surface area contributed by atoms with E-state index in [1.807, 2.05) is 25.1 Å². The maximum Gasteiger partial charge on any atom is 0.331 e. The Morgan fingerprint density at radius 2 is 1.88 bits per heavy atom. The number of furan rings is 1. The summed E-state index contributed by atoms with van der Waals surface area (Å²) >= 11 is 12.4. The zero-order valence-corrected chi connectivity index (χ0v) is 19.3. The minimum absolute atomic E-state index is 0.128. The first-order chi connectivity index (χ1) is 15.3. The Morgan fingerprint density at radius 1 is 1.09 bits per heavy atom. The monoisotopic (exact) mass is 473 g/mol. The largest absolute Gasteiger partial charge is 0.446 e. The van der Waals surface area contributed by atoms with Crippen molar-refractivity contribution < 1.29 is 9.15 Å². The first-order valence-electron chi connectivity index (χ1n) is 10.3. The quantitative estimate of drug-likeness (QED) is 0.438. The van der Waals surface area contributed by atoms with Crippen LogP contribution < -0.4 is 11.2 Å². The molecule has 1 aliphatic heterocycles. The maximum atomic E-state index is 13.4. The number of nitrogens with zero attached hydrogens (tertiary/aromatic N) is 3. The molecule has 0 bridgehead atoms. The topological polar surface area (TPSA) is 71.3 Å². The molecule has 0 spiro atoms. The van der Waals surface area contributed by atoms with Crippen molar-refractivity contribution in [3.05, 3.63) is 78.9 Å². The van der Waals surface area contributed by atoms with E-state index in [0.717, 1.165) is 16.6 Å². The zero-order chi connectivity index (χ0) is 22.7. The molecule has 7 nitrogen and oxygen atoms in total. The van der Waals surface area contributed by atoms with E-state index in [0.29, 0.717) is 39.6 Å². The van der Waals surface area contributed by atoms with Crippen LogP contribution in [0.15, 0.2) is 50.4 Å². The lowest BCUT2D eigenvalue weighted by molar-refractivity contribution is -0.0356. The maximum absolute atomic E-state index is 13.4. The molecule has 0 aliphatic carbocycles. The lowest BCUT2D eigenvalue weighted by Gasteiger charge is -2.32. The lowest BCUT2D eigenvalue weighted by Crippen LogP contribution is -2.37. The van der Waals surface area contributed by atoms with Gasteiger partial charge >= 0.3 is 5.69 Å². The van der Waals surface area contributed by atoms with Gasteiger partial charge in [-0.05, 0) is 42.3 Å². The Morgan fingerprint density at radius 3 is 2.53 bits per heavy atom. The number of aryl methyl sites for hydroxylation is 1. The van der Waals surface area contributed by atoms with Crippen LogP contribution in [0.1, 0.15) is 30.9 Å². The smallest absolute Gasteiger partial charge is 0.331 e. The summed E-state index contributed by atoms with van der Waals surface area (Å²) in [5, 5.41) is 1.24. The van der Waals surface area contributed by atoms with Crippen molar-refractivity contribution in [3.63, 3.8) is 0 Å². The molecule has 0 radical (unpaired) electrons. The molecule has 0 saturated heterocycles. The first kappa shape index (κ1) is 21.1. The molecule has 4 aromatic rings. The molecule has 32 heavy (non-hydrogen) atoms. The fourth-order valence-electron chi connectivity index (χ4n) is 4.53. The number of benzene rings is 1.